The van der Waals surface area contributed by atoms with Crippen LogP contribution < -0.4 is 10.5 Å². The zero-order valence-corrected chi connectivity index (χ0v) is 12.0. The van der Waals surface area contributed by atoms with E-state index in [0.29, 0.717) is 13.2 Å². The van der Waals surface area contributed by atoms with Crippen LogP contribution in [0.2, 0.25) is 0 Å². The zero-order valence-electron chi connectivity index (χ0n) is 11.2. The fourth-order valence-electron chi connectivity index (χ4n) is 2.07. The van der Waals surface area contributed by atoms with Crippen molar-refractivity contribution >= 4 is 18.3 Å². The summed E-state index contributed by atoms with van der Waals surface area (Å²) in [6.45, 7) is 1.05. The first-order chi connectivity index (χ1) is 8.62. The lowest BCUT2D eigenvalue weighted by molar-refractivity contribution is -0.139. The molecule has 1 aromatic rings. The lowest BCUT2D eigenvalue weighted by Gasteiger charge is -2.39. The SMILES string of the molecule is CN(CCOc1ccccc1)C(=O)C1(N)CCC1.Cl. The van der Waals surface area contributed by atoms with E-state index in [-0.39, 0.29) is 18.3 Å². The van der Waals surface area contributed by atoms with Gasteiger partial charge in [0, 0.05) is 7.05 Å². The van der Waals surface area contributed by atoms with Gasteiger partial charge in [-0.15, -0.1) is 12.4 Å². The average molecular weight is 285 g/mol. The van der Waals surface area contributed by atoms with Crippen LogP contribution in [0.5, 0.6) is 5.75 Å². The predicted octanol–water partition coefficient (Wildman–Crippen LogP) is 1.83. The van der Waals surface area contributed by atoms with Crippen LogP contribution in [0.15, 0.2) is 30.3 Å². The van der Waals surface area contributed by atoms with E-state index in [1.165, 1.54) is 0 Å². The minimum absolute atomic E-state index is 0. The van der Waals surface area contributed by atoms with Crippen molar-refractivity contribution in [3.63, 3.8) is 0 Å². The molecule has 0 bridgehead atoms. The van der Waals surface area contributed by atoms with Crippen LogP contribution in [0, 0.1) is 0 Å². The van der Waals surface area contributed by atoms with Crippen molar-refractivity contribution in [2.24, 2.45) is 5.73 Å². The maximum atomic E-state index is 12.0. The van der Waals surface area contributed by atoms with E-state index in [2.05, 4.69) is 0 Å². The number of para-hydroxylation sites is 1. The second kappa shape index (κ2) is 6.78. The predicted molar refractivity (Wildman–Crippen MR) is 77.6 cm³/mol. The molecular formula is C14H21ClN2O2. The minimum atomic E-state index is -0.610. The number of nitrogens with zero attached hydrogens (tertiary/aromatic N) is 1. The van der Waals surface area contributed by atoms with Crippen molar-refractivity contribution in [1.82, 2.24) is 4.90 Å². The van der Waals surface area contributed by atoms with Crippen LogP contribution in [-0.2, 0) is 4.79 Å². The van der Waals surface area contributed by atoms with Gasteiger partial charge in [0.25, 0.3) is 0 Å². The van der Waals surface area contributed by atoms with Crippen molar-refractivity contribution < 1.29 is 9.53 Å². The van der Waals surface area contributed by atoms with E-state index in [1.807, 2.05) is 30.3 Å². The number of hydrogen-bond acceptors (Lipinski definition) is 3. The zero-order chi connectivity index (χ0) is 13.0. The molecule has 2 rings (SSSR count). The summed E-state index contributed by atoms with van der Waals surface area (Å²) in [6.07, 6.45) is 2.65. The summed E-state index contributed by atoms with van der Waals surface area (Å²) in [5, 5.41) is 0. The van der Waals surface area contributed by atoms with Gasteiger partial charge >= 0.3 is 0 Å². The Labute approximate surface area is 120 Å². The first kappa shape index (κ1) is 15.8. The maximum absolute atomic E-state index is 12.0. The van der Waals surface area contributed by atoms with Crippen molar-refractivity contribution in [3.8, 4) is 5.75 Å². The number of rotatable bonds is 5. The van der Waals surface area contributed by atoms with Crippen molar-refractivity contribution in [2.75, 3.05) is 20.2 Å². The molecule has 1 aromatic carbocycles. The highest BCUT2D eigenvalue weighted by Crippen LogP contribution is 2.30. The Morgan fingerprint density at radius 2 is 2.00 bits per heavy atom. The molecule has 4 nitrogen and oxygen atoms in total. The van der Waals surface area contributed by atoms with Crippen LogP contribution >= 0.6 is 12.4 Å². The number of hydrogen-bond donors (Lipinski definition) is 1. The quantitative estimate of drug-likeness (QED) is 0.897. The molecule has 1 aliphatic carbocycles. The molecule has 5 heteroatoms. The maximum Gasteiger partial charge on any atom is 0.242 e. The van der Waals surface area contributed by atoms with Crippen LogP contribution in [0.3, 0.4) is 0 Å². The average Bonchev–Trinajstić information content (AvgIpc) is 2.36. The number of ether oxygens (including phenoxy) is 1. The van der Waals surface area contributed by atoms with Gasteiger partial charge in [-0.2, -0.15) is 0 Å². The standard InChI is InChI=1S/C14H20N2O2.ClH/c1-16(13(17)14(15)8-5-9-14)10-11-18-12-6-3-2-4-7-12;/h2-4,6-7H,5,8-11,15H2,1H3;1H. The number of carbonyl (C=O) groups excluding carboxylic acids is 1. The lowest BCUT2D eigenvalue weighted by Crippen LogP contribution is -2.59. The number of amides is 1. The number of carbonyl (C=O) groups is 1. The molecule has 0 atom stereocenters. The van der Waals surface area contributed by atoms with Gasteiger partial charge in [-0.1, -0.05) is 18.2 Å². The van der Waals surface area contributed by atoms with Crippen LogP contribution in [-0.4, -0.2) is 36.5 Å². The van der Waals surface area contributed by atoms with Gasteiger partial charge in [0.05, 0.1) is 12.1 Å². The second-order valence-corrected chi connectivity index (χ2v) is 4.90. The number of nitrogens with two attached hydrogens (primary N) is 1. The lowest BCUT2D eigenvalue weighted by atomic mass is 9.77. The van der Waals surface area contributed by atoms with Gasteiger partial charge < -0.3 is 15.4 Å². The van der Waals surface area contributed by atoms with Crippen LogP contribution in [0.1, 0.15) is 19.3 Å². The van der Waals surface area contributed by atoms with E-state index in [4.69, 9.17) is 10.5 Å². The second-order valence-electron chi connectivity index (χ2n) is 4.90. The Kier molecular flexibility index (Phi) is 5.63. The van der Waals surface area contributed by atoms with Crippen LogP contribution in [0.25, 0.3) is 0 Å². The molecule has 1 saturated carbocycles. The molecule has 1 fully saturated rings. The van der Waals surface area contributed by atoms with Crippen molar-refractivity contribution in [2.45, 2.75) is 24.8 Å². The van der Waals surface area contributed by atoms with Gasteiger partial charge in [0.15, 0.2) is 0 Å². The number of likely N-dealkylation sites (N-methyl/N-ethyl adjacent to an activating group) is 1. The Bertz CT molecular complexity index is 407. The minimum Gasteiger partial charge on any atom is -0.492 e. The summed E-state index contributed by atoms with van der Waals surface area (Å²) in [5.74, 6) is 0.856. The first-order valence-electron chi connectivity index (χ1n) is 6.34. The Morgan fingerprint density at radius 3 is 2.53 bits per heavy atom. The van der Waals surface area contributed by atoms with E-state index >= 15 is 0 Å². The molecule has 19 heavy (non-hydrogen) atoms. The monoisotopic (exact) mass is 284 g/mol. The molecule has 1 amide bonds. The molecule has 0 spiro atoms. The summed E-state index contributed by atoms with van der Waals surface area (Å²) in [7, 11) is 1.78. The third-order valence-corrected chi connectivity index (χ3v) is 3.46. The Morgan fingerprint density at radius 1 is 1.37 bits per heavy atom. The molecule has 0 saturated heterocycles. The van der Waals surface area contributed by atoms with Gasteiger partial charge in [0.1, 0.15) is 12.4 Å². The highest BCUT2D eigenvalue weighted by Gasteiger charge is 2.41. The van der Waals surface area contributed by atoms with Gasteiger partial charge in [0.2, 0.25) is 5.91 Å². The van der Waals surface area contributed by atoms with Crippen LogP contribution in [0.4, 0.5) is 0 Å². The molecule has 0 aliphatic heterocycles. The Hall–Kier alpha value is -1.26. The van der Waals surface area contributed by atoms with E-state index in [0.717, 1.165) is 25.0 Å². The third kappa shape index (κ3) is 3.85. The molecule has 0 unspecified atom stereocenters. The molecular weight excluding hydrogens is 264 g/mol. The summed E-state index contributed by atoms with van der Waals surface area (Å²) < 4.78 is 5.56. The Balaban J connectivity index is 0.00000180. The van der Waals surface area contributed by atoms with E-state index in [9.17, 15) is 4.79 Å². The van der Waals surface area contributed by atoms with Crippen molar-refractivity contribution in [3.05, 3.63) is 30.3 Å². The van der Waals surface area contributed by atoms with Gasteiger partial charge in [-0.25, -0.2) is 0 Å². The molecule has 0 aromatic heterocycles. The molecule has 2 N–H and O–H groups in total. The smallest absolute Gasteiger partial charge is 0.242 e. The molecule has 0 radical (unpaired) electrons. The molecule has 1 aliphatic rings. The van der Waals surface area contributed by atoms with Gasteiger partial charge in [-0.05, 0) is 31.4 Å². The number of halogens is 1. The third-order valence-electron chi connectivity index (χ3n) is 3.46. The summed E-state index contributed by atoms with van der Waals surface area (Å²) in [6, 6.07) is 9.59. The largest absolute Gasteiger partial charge is 0.492 e. The summed E-state index contributed by atoms with van der Waals surface area (Å²) in [4.78, 5) is 13.7. The fourth-order valence-corrected chi connectivity index (χ4v) is 2.07. The van der Waals surface area contributed by atoms with E-state index in [1.54, 1.807) is 11.9 Å². The fraction of sp³-hybridized carbons (Fsp3) is 0.500. The normalized spacial score (nSPS) is 15.9. The van der Waals surface area contributed by atoms with E-state index < -0.39 is 5.54 Å². The van der Waals surface area contributed by atoms with Gasteiger partial charge in [-0.3, -0.25) is 4.79 Å². The number of benzene rings is 1. The topological polar surface area (TPSA) is 55.6 Å². The summed E-state index contributed by atoms with van der Waals surface area (Å²) >= 11 is 0. The summed E-state index contributed by atoms with van der Waals surface area (Å²) in [5.41, 5.74) is 5.39. The first-order valence-corrected chi connectivity index (χ1v) is 6.34. The highest BCUT2D eigenvalue weighted by atomic mass is 35.5. The highest BCUT2D eigenvalue weighted by molar-refractivity contribution is 5.86. The molecule has 0 heterocycles. The van der Waals surface area contributed by atoms with Crippen molar-refractivity contribution in [1.29, 1.82) is 0 Å². The molecule has 106 valence electrons.